The van der Waals surface area contributed by atoms with Crippen LogP contribution in [0.15, 0.2) is 60.9 Å². The van der Waals surface area contributed by atoms with Crippen molar-refractivity contribution in [2.45, 2.75) is 26.2 Å². The molecule has 3 heterocycles. The number of hydrogen-bond acceptors (Lipinski definition) is 3. The van der Waals surface area contributed by atoms with Gasteiger partial charge >= 0.3 is 0 Å². The maximum absolute atomic E-state index is 12.5. The summed E-state index contributed by atoms with van der Waals surface area (Å²) in [6.07, 6.45) is 3.56. The molecule has 0 spiro atoms. The Morgan fingerprint density at radius 3 is 2.46 bits per heavy atom. The van der Waals surface area contributed by atoms with Crippen molar-refractivity contribution >= 4 is 29.8 Å². The first-order chi connectivity index (χ1) is 12.9. The number of nitrogens with one attached hydrogen (secondary N) is 2. The van der Waals surface area contributed by atoms with Gasteiger partial charge in [0.2, 0.25) is 0 Å². The summed E-state index contributed by atoms with van der Waals surface area (Å²) >= 11 is 0. The molecule has 0 atom stereocenters. The topological polar surface area (TPSA) is 75.1 Å². The number of imidazole rings is 1. The van der Waals surface area contributed by atoms with E-state index in [2.05, 4.69) is 41.2 Å². The second-order valence-corrected chi connectivity index (χ2v) is 7.51. The molecule has 1 aromatic carbocycles. The van der Waals surface area contributed by atoms with E-state index in [-0.39, 0.29) is 23.7 Å². The SMILES string of the molecule is CC(C)(C)c1ccc(C(=O)Nc2cn3nc(-c4ccc[nH]4)ccc3n2)cc1.Cl. The number of amides is 1. The number of benzene rings is 1. The van der Waals surface area contributed by atoms with Crippen LogP contribution in [0.1, 0.15) is 36.7 Å². The van der Waals surface area contributed by atoms with Gasteiger partial charge in [0.1, 0.15) is 5.69 Å². The fraction of sp³-hybridized carbons (Fsp3) is 0.190. The van der Waals surface area contributed by atoms with Gasteiger partial charge in [-0.3, -0.25) is 4.79 Å². The van der Waals surface area contributed by atoms with E-state index < -0.39 is 0 Å². The zero-order chi connectivity index (χ0) is 19.0. The van der Waals surface area contributed by atoms with E-state index in [0.717, 1.165) is 11.4 Å². The molecule has 4 aromatic rings. The number of carbonyl (C=O) groups excluding carboxylic acids is 1. The first-order valence-electron chi connectivity index (χ1n) is 8.82. The molecule has 6 nitrogen and oxygen atoms in total. The molecule has 28 heavy (non-hydrogen) atoms. The molecule has 2 N–H and O–H groups in total. The van der Waals surface area contributed by atoms with Crippen molar-refractivity contribution in [2.75, 3.05) is 5.32 Å². The number of aromatic amines is 1. The zero-order valence-corrected chi connectivity index (χ0v) is 16.7. The summed E-state index contributed by atoms with van der Waals surface area (Å²) in [6, 6.07) is 15.3. The van der Waals surface area contributed by atoms with E-state index in [1.54, 1.807) is 10.7 Å². The summed E-state index contributed by atoms with van der Waals surface area (Å²) in [7, 11) is 0. The second-order valence-electron chi connectivity index (χ2n) is 7.51. The monoisotopic (exact) mass is 395 g/mol. The van der Waals surface area contributed by atoms with E-state index in [0.29, 0.717) is 17.0 Å². The van der Waals surface area contributed by atoms with Crippen molar-refractivity contribution in [1.29, 1.82) is 0 Å². The summed E-state index contributed by atoms with van der Waals surface area (Å²) in [6.45, 7) is 6.44. The predicted octanol–water partition coefficient (Wildman–Crippen LogP) is 4.70. The highest BCUT2D eigenvalue weighted by molar-refractivity contribution is 6.03. The highest BCUT2D eigenvalue weighted by Crippen LogP contribution is 2.22. The van der Waals surface area contributed by atoms with Crippen LogP contribution in [-0.4, -0.2) is 25.5 Å². The number of aromatic nitrogens is 4. The average molecular weight is 396 g/mol. The fourth-order valence-corrected chi connectivity index (χ4v) is 2.89. The van der Waals surface area contributed by atoms with E-state index in [9.17, 15) is 4.79 Å². The summed E-state index contributed by atoms with van der Waals surface area (Å²) in [5, 5.41) is 7.37. The lowest BCUT2D eigenvalue weighted by atomic mass is 9.87. The number of rotatable bonds is 3. The minimum atomic E-state index is -0.191. The molecule has 0 aliphatic rings. The number of H-pyrrole nitrogens is 1. The van der Waals surface area contributed by atoms with Crippen molar-refractivity contribution in [1.82, 2.24) is 19.6 Å². The van der Waals surface area contributed by atoms with E-state index in [1.165, 1.54) is 5.56 Å². The van der Waals surface area contributed by atoms with E-state index in [4.69, 9.17) is 0 Å². The van der Waals surface area contributed by atoms with Crippen LogP contribution in [0, 0.1) is 0 Å². The summed E-state index contributed by atoms with van der Waals surface area (Å²) < 4.78 is 1.66. The van der Waals surface area contributed by atoms with Gasteiger partial charge in [-0.1, -0.05) is 32.9 Å². The predicted molar refractivity (Wildman–Crippen MR) is 113 cm³/mol. The van der Waals surface area contributed by atoms with Crippen LogP contribution < -0.4 is 5.32 Å². The van der Waals surface area contributed by atoms with Crippen LogP contribution in [0.25, 0.3) is 17.0 Å². The molecule has 0 aliphatic carbocycles. The number of carbonyl (C=O) groups is 1. The lowest BCUT2D eigenvalue weighted by Gasteiger charge is -2.18. The molecule has 0 bridgehead atoms. The normalized spacial score (nSPS) is 11.2. The molecule has 0 saturated carbocycles. The molecule has 0 fully saturated rings. The van der Waals surface area contributed by atoms with Gasteiger partial charge in [0, 0.05) is 11.8 Å². The molecule has 0 saturated heterocycles. The third kappa shape index (κ3) is 3.92. The number of nitrogens with zero attached hydrogens (tertiary/aromatic N) is 3. The van der Waals surface area contributed by atoms with Gasteiger partial charge in [0.15, 0.2) is 11.5 Å². The van der Waals surface area contributed by atoms with Crippen molar-refractivity contribution < 1.29 is 4.79 Å². The number of halogens is 1. The lowest BCUT2D eigenvalue weighted by molar-refractivity contribution is 0.102. The minimum absolute atomic E-state index is 0. The number of anilines is 1. The third-order valence-corrected chi connectivity index (χ3v) is 4.45. The highest BCUT2D eigenvalue weighted by atomic mass is 35.5. The molecule has 0 unspecified atom stereocenters. The number of fused-ring (bicyclic) bond motifs is 1. The van der Waals surface area contributed by atoms with Crippen LogP contribution in [0.2, 0.25) is 0 Å². The summed E-state index contributed by atoms with van der Waals surface area (Å²) in [5.74, 6) is 0.277. The average Bonchev–Trinajstić information content (AvgIpc) is 3.29. The van der Waals surface area contributed by atoms with Crippen LogP contribution in [0.4, 0.5) is 5.82 Å². The van der Waals surface area contributed by atoms with Gasteiger partial charge in [0.25, 0.3) is 5.91 Å². The van der Waals surface area contributed by atoms with Gasteiger partial charge in [-0.2, -0.15) is 5.10 Å². The Bertz CT molecular complexity index is 1090. The Balaban J connectivity index is 0.00000225. The lowest BCUT2D eigenvalue weighted by Crippen LogP contribution is -2.14. The van der Waals surface area contributed by atoms with Crippen LogP contribution in [0.5, 0.6) is 0 Å². The largest absolute Gasteiger partial charge is 0.360 e. The first kappa shape index (κ1) is 19.6. The molecular formula is C21H22ClN5O. The molecule has 144 valence electrons. The van der Waals surface area contributed by atoms with Gasteiger partial charge in [0.05, 0.1) is 11.9 Å². The fourth-order valence-electron chi connectivity index (χ4n) is 2.89. The Kier molecular flexibility index (Phi) is 5.25. The standard InChI is InChI=1S/C21H21N5O.ClH/c1-21(2,3)15-8-6-14(7-9-15)20(27)24-18-13-26-19(23-18)11-10-17(25-26)16-5-4-12-22-16;/h4-13,22H,1-3H3,(H,24,27);1H. The second kappa shape index (κ2) is 7.48. The Morgan fingerprint density at radius 1 is 1.07 bits per heavy atom. The van der Waals surface area contributed by atoms with Gasteiger partial charge in [-0.05, 0) is 47.4 Å². The van der Waals surface area contributed by atoms with Crippen molar-refractivity contribution in [3.63, 3.8) is 0 Å². The van der Waals surface area contributed by atoms with Crippen LogP contribution in [0.3, 0.4) is 0 Å². The van der Waals surface area contributed by atoms with E-state index in [1.807, 2.05) is 54.7 Å². The summed E-state index contributed by atoms with van der Waals surface area (Å²) in [5.41, 5.74) is 4.24. The van der Waals surface area contributed by atoms with Gasteiger partial charge in [-0.25, -0.2) is 9.50 Å². The molecule has 3 aromatic heterocycles. The Morgan fingerprint density at radius 2 is 1.82 bits per heavy atom. The molecule has 0 radical (unpaired) electrons. The highest BCUT2D eigenvalue weighted by Gasteiger charge is 2.15. The van der Waals surface area contributed by atoms with Gasteiger partial charge in [-0.15, -0.1) is 12.4 Å². The molecular weight excluding hydrogens is 374 g/mol. The first-order valence-corrected chi connectivity index (χ1v) is 8.82. The third-order valence-electron chi connectivity index (χ3n) is 4.45. The molecule has 7 heteroatoms. The molecule has 0 aliphatic heterocycles. The summed E-state index contributed by atoms with van der Waals surface area (Å²) in [4.78, 5) is 20.1. The number of hydrogen-bond donors (Lipinski definition) is 2. The minimum Gasteiger partial charge on any atom is -0.360 e. The zero-order valence-electron chi connectivity index (χ0n) is 15.9. The van der Waals surface area contributed by atoms with Gasteiger partial charge < -0.3 is 10.3 Å². The Labute approximate surface area is 169 Å². The van der Waals surface area contributed by atoms with Crippen molar-refractivity contribution in [2.24, 2.45) is 0 Å². The Hall–Kier alpha value is -3.12. The smallest absolute Gasteiger partial charge is 0.256 e. The van der Waals surface area contributed by atoms with Crippen molar-refractivity contribution in [3.8, 4) is 11.4 Å². The molecule has 1 amide bonds. The molecule has 4 rings (SSSR count). The van der Waals surface area contributed by atoms with Crippen LogP contribution in [-0.2, 0) is 5.41 Å². The maximum Gasteiger partial charge on any atom is 0.256 e. The van der Waals surface area contributed by atoms with Crippen molar-refractivity contribution in [3.05, 3.63) is 72.1 Å². The van der Waals surface area contributed by atoms with E-state index >= 15 is 0 Å². The maximum atomic E-state index is 12.5. The quantitative estimate of drug-likeness (QED) is 0.528. The van der Waals surface area contributed by atoms with Crippen LogP contribution >= 0.6 is 12.4 Å².